The maximum Gasteiger partial charge on any atom is 0.240 e. The predicted molar refractivity (Wildman–Crippen MR) is 103 cm³/mol. The molecule has 2 heterocycles. The van der Waals surface area contributed by atoms with Crippen LogP contribution in [0, 0.1) is 0 Å². The minimum atomic E-state index is -0.351. The van der Waals surface area contributed by atoms with Crippen LogP contribution < -0.4 is 5.32 Å². The lowest BCUT2D eigenvalue weighted by Gasteiger charge is -2.34. The fraction of sp³-hybridized carbons (Fsp3) is 0.619. The van der Waals surface area contributed by atoms with Gasteiger partial charge in [0, 0.05) is 32.7 Å². The molecule has 5 nitrogen and oxygen atoms in total. The average molecular weight is 357 g/mol. The van der Waals surface area contributed by atoms with Gasteiger partial charge in [0.25, 0.3) is 0 Å². The van der Waals surface area contributed by atoms with E-state index in [-0.39, 0.29) is 17.9 Å². The second-order valence-corrected chi connectivity index (χ2v) is 7.42. The Hall–Kier alpha value is -1.88. The first-order valence-corrected chi connectivity index (χ1v) is 10.1. The zero-order valence-corrected chi connectivity index (χ0v) is 15.7. The third kappa shape index (κ3) is 5.31. The SMILES string of the molecule is O=C(CC1NCCN(CCCc2ccccc2)C1=O)N1CCCCCC1. The molecule has 0 bridgehead atoms. The van der Waals surface area contributed by atoms with Crippen molar-refractivity contribution >= 4 is 11.8 Å². The molecule has 26 heavy (non-hydrogen) atoms. The van der Waals surface area contributed by atoms with Crippen LogP contribution in [0.15, 0.2) is 30.3 Å². The van der Waals surface area contributed by atoms with Crippen LogP contribution in [-0.2, 0) is 16.0 Å². The molecular formula is C21H31N3O2. The van der Waals surface area contributed by atoms with E-state index in [1.165, 1.54) is 18.4 Å². The Kier molecular flexibility index (Phi) is 7.06. The van der Waals surface area contributed by atoms with Gasteiger partial charge in [0.05, 0.1) is 12.5 Å². The Morgan fingerprint density at radius 3 is 2.50 bits per heavy atom. The zero-order chi connectivity index (χ0) is 18.2. The molecular weight excluding hydrogens is 326 g/mol. The lowest BCUT2D eigenvalue weighted by Crippen LogP contribution is -2.56. The molecule has 0 aliphatic carbocycles. The van der Waals surface area contributed by atoms with Crippen molar-refractivity contribution in [1.29, 1.82) is 0 Å². The van der Waals surface area contributed by atoms with Crippen molar-refractivity contribution in [3.63, 3.8) is 0 Å². The molecule has 2 fully saturated rings. The summed E-state index contributed by atoms with van der Waals surface area (Å²) in [6.07, 6.45) is 6.83. The normalized spacial score (nSPS) is 21.5. The highest BCUT2D eigenvalue weighted by molar-refractivity contribution is 5.89. The standard InChI is InChI=1S/C21H31N3O2/c25-20(23-13-6-1-2-7-14-23)17-19-21(26)24(16-12-22-19)15-8-11-18-9-4-3-5-10-18/h3-5,9-10,19,22H,1-2,6-8,11-17H2. The molecule has 0 radical (unpaired) electrons. The maximum absolute atomic E-state index is 12.7. The van der Waals surface area contributed by atoms with E-state index >= 15 is 0 Å². The van der Waals surface area contributed by atoms with E-state index in [9.17, 15) is 9.59 Å². The van der Waals surface area contributed by atoms with Gasteiger partial charge in [-0.05, 0) is 31.2 Å². The molecule has 1 N–H and O–H groups in total. The first-order valence-electron chi connectivity index (χ1n) is 10.1. The Balaban J connectivity index is 1.46. The molecule has 5 heteroatoms. The molecule has 2 aliphatic rings. The number of amides is 2. The van der Waals surface area contributed by atoms with Gasteiger partial charge < -0.3 is 15.1 Å². The summed E-state index contributed by atoms with van der Waals surface area (Å²) in [6.45, 7) is 3.97. The van der Waals surface area contributed by atoms with Gasteiger partial charge in [-0.3, -0.25) is 9.59 Å². The number of nitrogens with one attached hydrogen (secondary N) is 1. The minimum absolute atomic E-state index is 0.0903. The predicted octanol–water partition coefficient (Wildman–Crippen LogP) is 2.21. The molecule has 1 atom stereocenters. The van der Waals surface area contributed by atoms with Crippen LogP contribution in [-0.4, -0.2) is 60.4 Å². The van der Waals surface area contributed by atoms with Crippen LogP contribution in [0.2, 0.25) is 0 Å². The first-order chi connectivity index (χ1) is 12.7. The van der Waals surface area contributed by atoms with Gasteiger partial charge in [-0.25, -0.2) is 0 Å². The Morgan fingerprint density at radius 1 is 1.04 bits per heavy atom. The molecule has 1 unspecified atom stereocenters. The number of likely N-dealkylation sites (tertiary alicyclic amines) is 1. The number of hydrogen-bond acceptors (Lipinski definition) is 3. The minimum Gasteiger partial charge on any atom is -0.343 e. The van der Waals surface area contributed by atoms with Crippen LogP contribution in [0.25, 0.3) is 0 Å². The third-order valence-electron chi connectivity index (χ3n) is 5.46. The van der Waals surface area contributed by atoms with Crippen molar-refractivity contribution in [1.82, 2.24) is 15.1 Å². The summed E-state index contributed by atoms with van der Waals surface area (Å²) in [5, 5.41) is 3.25. The van der Waals surface area contributed by atoms with E-state index in [0.29, 0.717) is 6.42 Å². The number of aryl methyl sites for hydroxylation is 1. The quantitative estimate of drug-likeness (QED) is 0.849. The van der Waals surface area contributed by atoms with Crippen molar-refractivity contribution in [3.05, 3.63) is 35.9 Å². The Morgan fingerprint density at radius 2 is 1.77 bits per heavy atom. The maximum atomic E-state index is 12.7. The van der Waals surface area contributed by atoms with E-state index in [4.69, 9.17) is 0 Å². The molecule has 3 rings (SSSR count). The molecule has 1 aromatic rings. The number of hydrogen-bond donors (Lipinski definition) is 1. The summed E-state index contributed by atoms with van der Waals surface area (Å²) in [4.78, 5) is 29.2. The van der Waals surface area contributed by atoms with E-state index in [2.05, 4.69) is 29.6 Å². The van der Waals surface area contributed by atoms with Gasteiger partial charge in [0.1, 0.15) is 0 Å². The topological polar surface area (TPSA) is 52.7 Å². The summed E-state index contributed by atoms with van der Waals surface area (Å²) < 4.78 is 0. The van der Waals surface area contributed by atoms with Gasteiger partial charge >= 0.3 is 0 Å². The van der Waals surface area contributed by atoms with Gasteiger partial charge in [0.2, 0.25) is 11.8 Å². The number of nitrogens with zero attached hydrogens (tertiary/aromatic N) is 2. The number of piperazine rings is 1. The van der Waals surface area contributed by atoms with Crippen LogP contribution in [0.4, 0.5) is 0 Å². The highest BCUT2D eigenvalue weighted by atomic mass is 16.2. The number of carbonyl (C=O) groups is 2. The van der Waals surface area contributed by atoms with Crippen LogP contribution in [0.3, 0.4) is 0 Å². The first kappa shape index (κ1) is 18.9. The lowest BCUT2D eigenvalue weighted by molar-refractivity contribution is -0.141. The monoisotopic (exact) mass is 357 g/mol. The van der Waals surface area contributed by atoms with E-state index in [1.807, 2.05) is 15.9 Å². The molecule has 0 spiro atoms. The van der Waals surface area contributed by atoms with Crippen molar-refractivity contribution < 1.29 is 9.59 Å². The second kappa shape index (κ2) is 9.72. The molecule has 0 aromatic heterocycles. The highest BCUT2D eigenvalue weighted by Crippen LogP contribution is 2.14. The number of benzene rings is 1. The Labute approximate surface area is 156 Å². The van der Waals surface area contributed by atoms with E-state index in [0.717, 1.165) is 58.4 Å². The number of carbonyl (C=O) groups excluding carboxylic acids is 2. The lowest BCUT2D eigenvalue weighted by atomic mass is 10.1. The molecule has 1 aromatic carbocycles. The number of rotatable bonds is 6. The summed E-state index contributed by atoms with van der Waals surface area (Å²) in [5.74, 6) is 0.219. The van der Waals surface area contributed by atoms with Gasteiger partial charge in [-0.2, -0.15) is 0 Å². The van der Waals surface area contributed by atoms with Gasteiger partial charge in [0.15, 0.2) is 0 Å². The summed E-state index contributed by atoms with van der Waals surface area (Å²) in [7, 11) is 0. The van der Waals surface area contributed by atoms with Crippen molar-refractivity contribution in [2.45, 2.75) is 51.0 Å². The summed E-state index contributed by atoms with van der Waals surface area (Å²) in [5.41, 5.74) is 1.31. The van der Waals surface area contributed by atoms with Crippen LogP contribution in [0.5, 0.6) is 0 Å². The molecule has 2 saturated heterocycles. The van der Waals surface area contributed by atoms with Crippen molar-refractivity contribution in [2.24, 2.45) is 0 Å². The molecule has 142 valence electrons. The summed E-state index contributed by atoms with van der Waals surface area (Å²) in [6, 6.07) is 10.0. The smallest absolute Gasteiger partial charge is 0.240 e. The largest absolute Gasteiger partial charge is 0.343 e. The fourth-order valence-electron chi connectivity index (χ4n) is 3.92. The van der Waals surface area contributed by atoms with Crippen molar-refractivity contribution in [2.75, 3.05) is 32.7 Å². The Bertz CT molecular complexity index is 582. The highest BCUT2D eigenvalue weighted by Gasteiger charge is 2.31. The third-order valence-corrected chi connectivity index (χ3v) is 5.46. The van der Waals surface area contributed by atoms with Gasteiger partial charge in [-0.15, -0.1) is 0 Å². The van der Waals surface area contributed by atoms with Gasteiger partial charge in [-0.1, -0.05) is 43.2 Å². The fourth-order valence-corrected chi connectivity index (χ4v) is 3.92. The van der Waals surface area contributed by atoms with E-state index < -0.39 is 0 Å². The molecule has 2 aliphatic heterocycles. The average Bonchev–Trinajstić information content (AvgIpc) is 2.95. The van der Waals surface area contributed by atoms with Crippen molar-refractivity contribution in [3.8, 4) is 0 Å². The molecule has 2 amide bonds. The van der Waals surface area contributed by atoms with Crippen LogP contribution >= 0.6 is 0 Å². The summed E-state index contributed by atoms with van der Waals surface area (Å²) >= 11 is 0. The van der Waals surface area contributed by atoms with Crippen LogP contribution in [0.1, 0.15) is 44.1 Å². The van der Waals surface area contributed by atoms with E-state index in [1.54, 1.807) is 0 Å². The zero-order valence-electron chi connectivity index (χ0n) is 15.7. The molecule has 0 saturated carbocycles. The second-order valence-electron chi connectivity index (χ2n) is 7.42.